The average Bonchev–Trinajstić information content (AvgIpc) is 3.56. The van der Waals surface area contributed by atoms with E-state index in [-0.39, 0.29) is 61.5 Å². The van der Waals surface area contributed by atoms with Crippen molar-refractivity contribution in [2.24, 2.45) is 0 Å². The Labute approximate surface area is 284 Å². The molecule has 0 nitrogen and oxygen atoms in total. The van der Waals surface area contributed by atoms with Crippen molar-refractivity contribution in [1.82, 2.24) is 0 Å². The maximum Gasteiger partial charge on any atom is 0.147 e. The molecule has 4 heteroatoms. The van der Waals surface area contributed by atoms with Crippen LogP contribution in [0.4, 0.5) is 0 Å². The first kappa shape index (κ1) is 34.4. The monoisotopic (exact) mass is 772 g/mol. The molecule has 0 fully saturated rings. The molecule has 5 aromatic rings. The fraction of sp³-hybridized carbons (Fsp3) is 0.237. The molecule has 5 aromatic carbocycles. The van der Waals surface area contributed by atoms with Gasteiger partial charge in [0.25, 0.3) is 0 Å². The van der Waals surface area contributed by atoms with Crippen molar-refractivity contribution in [1.29, 1.82) is 0 Å². The average molecular weight is 772 g/mol. The summed E-state index contributed by atoms with van der Waals surface area (Å²) < 4.78 is 0. The van der Waals surface area contributed by atoms with Crippen LogP contribution in [0.1, 0.15) is 64.7 Å². The number of hydrogen-bond acceptors (Lipinski definition) is 0. The molecule has 0 spiro atoms. The molecule has 0 atom stereocenters. The van der Waals surface area contributed by atoms with Crippen LogP contribution in [-0.4, -0.2) is 8.80 Å². The summed E-state index contributed by atoms with van der Waals surface area (Å²) in [7, 11) is -1.29. The third kappa shape index (κ3) is 6.24. The number of benzene rings is 4. The summed E-state index contributed by atoms with van der Waals surface area (Å²) in [4.78, 5) is 0. The van der Waals surface area contributed by atoms with Crippen LogP contribution in [0.5, 0.6) is 0 Å². The minimum Gasteiger partial charge on any atom is -1.00 e. The molecule has 215 valence electrons. The van der Waals surface area contributed by atoms with Crippen LogP contribution < -0.4 is 40.4 Å². The summed E-state index contributed by atoms with van der Waals surface area (Å²) in [6, 6.07) is 34.5. The number of fused-ring (bicyclic) bond motifs is 3. The SMILES string of the molecule is CC(C)(C)c1cc2c([cH-]c3c(C(C)(C)C)cccc32)c(C2=CC=CC2)c1[Si](c1ccccc1)c1ccccc1.[Cl-].[Cl-].[Hf]. The van der Waals surface area contributed by atoms with Crippen LogP contribution in [0, 0.1) is 0 Å². The predicted molar refractivity (Wildman–Crippen MR) is 174 cm³/mol. The smallest absolute Gasteiger partial charge is 0.147 e. The number of hydrogen-bond donors (Lipinski definition) is 0. The van der Waals surface area contributed by atoms with Gasteiger partial charge in [-0.3, -0.25) is 0 Å². The normalized spacial score (nSPS) is 13.1. The first-order chi connectivity index (χ1) is 18.6. The molecule has 0 bridgehead atoms. The molecule has 1 radical (unpaired) electrons. The van der Waals surface area contributed by atoms with Gasteiger partial charge in [-0.15, -0.1) is 27.6 Å². The van der Waals surface area contributed by atoms with E-state index >= 15 is 0 Å². The van der Waals surface area contributed by atoms with Crippen LogP contribution in [0.15, 0.2) is 109 Å². The van der Waals surface area contributed by atoms with Crippen LogP contribution in [0.3, 0.4) is 0 Å². The molecular formula is C38H38Cl2HfSi-3. The summed E-state index contributed by atoms with van der Waals surface area (Å²) in [5, 5.41) is 10.0. The Balaban J connectivity index is 0.00000161. The second-order valence-electron chi connectivity index (χ2n) is 13.0. The first-order valence-corrected chi connectivity index (χ1v) is 15.7. The Bertz CT molecular complexity index is 1690. The Kier molecular flexibility index (Phi) is 10.9. The molecule has 0 aliphatic heterocycles. The largest absolute Gasteiger partial charge is 1.00 e. The maximum absolute atomic E-state index is 2.56. The third-order valence-electron chi connectivity index (χ3n) is 8.14. The molecule has 0 saturated heterocycles. The number of rotatable bonds is 4. The Hall–Kier alpha value is -2.10. The van der Waals surface area contributed by atoms with Crippen LogP contribution in [0.25, 0.3) is 27.1 Å². The molecule has 0 N–H and O–H groups in total. The molecule has 0 heterocycles. The van der Waals surface area contributed by atoms with Gasteiger partial charge in [0.1, 0.15) is 8.80 Å². The van der Waals surface area contributed by atoms with E-state index in [1.165, 1.54) is 54.2 Å². The molecule has 0 unspecified atom stereocenters. The Morgan fingerprint density at radius 3 is 1.71 bits per heavy atom. The zero-order valence-corrected chi connectivity index (χ0v) is 31.5. The van der Waals surface area contributed by atoms with Gasteiger partial charge in [-0.2, -0.15) is 0 Å². The molecule has 0 aromatic heterocycles. The fourth-order valence-electron chi connectivity index (χ4n) is 6.31. The van der Waals surface area contributed by atoms with E-state index in [4.69, 9.17) is 0 Å². The van der Waals surface area contributed by atoms with Crippen molar-refractivity contribution in [2.75, 3.05) is 0 Å². The summed E-state index contributed by atoms with van der Waals surface area (Å²) in [6.45, 7) is 14.2. The molecule has 6 rings (SSSR count). The van der Waals surface area contributed by atoms with Gasteiger partial charge >= 0.3 is 0 Å². The quantitative estimate of drug-likeness (QED) is 0.150. The molecule has 1 aliphatic carbocycles. The molecule has 42 heavy (non-hydrogen) atoms. The van der Waals surface area contributed by atoms with Crippen molar-refractivity contribution in [3.8, 4) is 0 Å². The fourth-order valence-corrected chi connectivity index (χ4v) is 9.53. The van der Waals surface area contributed by atoms with Crippen molar-refractivity contribution in [2.45, 2.75) is 58.8 Å². The van der Waals surface area contributed by atoms with E-state index in [0.717, 1.165) is 6.42 Å². The van der Waals surface area contributed by atoms with E-state index in [1.807, 2.05) is 0 Å². The summed E-state index contributed by atoms with van der Waals surface area (Å²) >= 11 is 0. The van der Waals surface area contributed by atoms with Crippen LogP contribution >= 0.6 is 0 Å². The van der Waals surface area contributed by atoms with Gasteiger partial charge < -0.3 is 24.8 Å². The van der Waals surface area contributed by atoms with Crippen LogP contribution in [0.2, 0.25) is 0 Å². The number of allylic oxidation sites excluding steroid dienone is 4. The minimum atomic E-state index is -1.29. The molecule has 0 saturated carbocycles. The number of halogens is 2. The van der Waals surface area contributed by atoms with Gasteiger partial charge in [0, 0.05) is 25.8 Å². The maximum atomic E-state index is 2.56. The molecule has 1 aliphatic rings. The second-order valence-corrected chi connectivity index (χ2v) is 15.4. The van der Waals surface area contributed by atoms with Gasteiger partial charge in [-0.05, 0) is 17.3 Å². The zero-order valence-electron chi connectivity index (χ0n) is 25.4. The van der Waals surface area contributed by atoms with Gasteiger partial charge in [-0.1, -0.05) is 183 Å². The summed E-state index contributed by atoms with van der Waals surface area (Å²) in [5.41, 5.74) is 5.90. The summed E-state index contributed by atoms with van der Waals surface area (Å²) in [6.07, 6.45) is 7.91. The third-order valence-corrected chi connectivity index (χ3v) is 11.0. The van der Waals surface area contributed by atoms with Crippen molar-refractivity contribution in [3.63, 3.8) is 0 Å². The van der Waals surface area contributed by atoms with Crippen LogP contribution in [-0.2, 0) is 36.7 Å². The van der Waals surface area contributed by atoms with Crippen molar-refractivity contribution < 1.29 is 50.7 Å². The second kappa shape index (κ2) is 13.3. The van der Waals surface area contributed by atoms with E-state index in [2.05, 4.69) is 151 Å². The Morgan fingerprint density at radius 1 is 0.643 bits per heavy atom. The zero-order chi connectivity index (χ0) is 27.4. The van der Waals surface area contributed by atoms with E-state index < -0.39 is 8.80 Å². The minimum absolute atomic E-state index is 0. The predicted octanol–water partition coefficient (Wildman–Crippen LogP) is 2.17. The van der Waals surface area contributed by atoms with Gasteiger partial charge in [0.15, 0.2) is 0 Å². The standard InChI is InChI=1S/C38H38Si.2ClH.Hf/c1-37(2,3)33-23-15-22-29-30-25-34(38(4,5)6)36(35(26-16-13-14-17-26)32(30)24-31(29)33)39(27-18-9-7-10-19-27)28-20-11-8-12-21-28;;;/h7-16,18-25H,17H2,1-6H3;2*1H;/q-1;;;/p-2. The topological polar surface area (TPSA) is 0 Å². The first-order valence-electron chi connectivity index (χ1n) is 14.2. The van der Waals surface area contributed by atoms with Gasteiger partial charge in [0.05, 0.1) is 0 Å². The van der Waals surface area contributed by atoms with E-state index in [0.29, 0.717) is 0 Å². The summed E-state index contributed by atoms with van der Waals surface area (Å²) in [5.74, 6) is 0. The van der Waals surface area contributed by atoms with Gasteiger partial charge in [-0.25, -0.2) is 0 Å². The Morgan fingerprint density at radius 2 is 1.21 bits per heavy atom. The van der Waals surface area contributed by atoms with Crippen molar-refractivity contribution >= 4 is 51.5 Å². The van der Waals surface area contributed by atoms with Crippen molar-refractivity contribution in [3.05, 3.63) is 126 Å². The van der Waals surface area contributed by atoms with Gasteiger partial charge in [0.2, 0.25) is 0 Å². The molecular weight excluding hydrogens is 734 g/mol. The molecule has 0 amide bonds. The van der Waals surface area contributed by atoms with E-state index in [1.54, 1.807) is 5.19 Å². The van der Waals surface area contributed by atoms with E-state index in [9.17, 15) is 0 Å².